The van der Waals surface area contributed by atoms with Crippen LogP contribution in [0.5, 0.6) is 5.75 Å². The number of hydrogen-bond donors (Lipinski definition) is 2. The lowest BCUT2D eigenvalue weighted by Gasteiger charge is -2.11. The Kier molecular flexibility index (Phi) is 4.44. The number of anilines is 1. The number of hydrogen-bond acceptors (Lipinski definition) is 3. The molecule has 5 heteroatoms. The van der Waals surface area contributed by atoms with E-state index in [1.165, 1.54) is 0 Å². The molecule has 18 heavy (non-hydrogen) atoms. The van der Waals surface area contributed by atoms with E-state index in [4.69, 9.17) is 16.3 Å². The molecule has 2 rings (SSSR count). The van der Waals surface area contributed by atoms with Gasteiger partial charge >= 0.3 is 0 Å². The zero-order chi connectivity index (χ0) is 13.0. The highest BCUT2D eigenvalue weighted by Crippen LogP contribution is 2.27. The number of carbonyl (C=O) groups excluding carboxylic acids is 1. The first-order chi connectivity index (χ1) is 8.69. The van der Waals surface area contributed by atoms with Crippen LogP contribution < -0.4 is 15.4 Å². The third kappa shape index (κ3) is 3.37. The molecule has 1 aliphatic heterocycles. The number of rotatable bonds is 4. The Hall–Kier alpha value is -1.26. The Morgan fingerprint density at radius 1 is 1.61 bits per heavy atom. The molecule has 2 N–H and O–H groups in total. The van der Waals surface area contributed by atoms with Crippen molar-refractivity contribution in [2.45, 2.75) is 25.3 Å². The van der Waals surface area contributed by atoms with E-state index in [0.29, 0.717) is 28.9 Å². The van der Waals surface area contributed by atoms with Gasteiger partial charge in [0.2, 0.25) is 5.91 Å². The minimum Gasteiger partial charge on any atom is -0.495 e. The van der Waals surface area contributed by atoms with Crippen LogP contribution in [0.15, 0.2) is 18.2 Å². The van der Waals surface area contributed by atoms with E-state index in [9.17, 15) is 4.79 Å². The first-order valence-electron chi connectivity index (χ1n) is 6.06. The molecule has 0 aliphatic carbocycles. The van der Waals surface area contributed by atoms with E-state index >= 15 is 0 Å². The first kappa shape index (κ1) is 13.2. The van der Waals surface area contributed by atoms with Gasteiger partial charge < -0.3 is 15.4 Å². The second kappa shape index (κ2) is 6.07. The summed E-state index contributed by atoms with van der Waals surface area (Å²) in [6, 6.07) is 5.52. The summed E-state index contributed by atoms with van der Waals surface area (Å²) in [6.07, 6.45) is 2.72. The third-order valence-corrected chi connectivity index (χ3v) is 3.33. The van der Waals surface area contributed by atoms with Crippen LogP contribution in [0.4, 0.5) is 5.69 Å². The smallest absolute Gasteiger partial charge is 0.225 e. The maximum absolute atomic E-state index is 11.8. The summed E-state index contributed by atoms with van der Waals surface area (Å²) in [5.41, 5.74) is 0.698. The Bertz CT molecular complexity index is 431. The van der Waals surface area contributed by atoms with Crippen LogP contribution in [0.2, 0.25) is 5.02 Å². The van der Waals surface area contributed by atoms with Crippen molar-refractivity contribution in [3.05, 3.63) is 23.2 Å². The third-order valence-electron chi connectivity index (χ3n) is 3.03. The van der Waals surface area contributed by atoms with Crippen molar-refractivity contribution in [3.63, 3.8) is 0 Å². The molecule has 0 radical (unpaired) electrons. The van der Waals surface area contributed by atoms with Crippen LogP contribution in [0.3, 0.4) is 0 Å². The summed E-state index contributed by atoms with van der Waals surface area (Å²) in [5.74, 6) is 0.614. The van der Waals surface area contributed by atoms with Crippen molar-refractivity contribution >= 4 is 23.2 Å². The Morgan fingerprint density at radius 2 is 2.44 bits per heavy atom. The average molecular weight is 269 g/mol. The summed E-state index contributed by atoms with van der Waals surface area (Å²) in [6.45, 7) is 1.01. The molecule has 0 aromatic heterocycles. The molecule has 1 fully saturated rings. The van der Waals surface area contributed by atoms with E-state index in [2.05, 4.69) is 10.6 Å². The zero-order valence-corrected chi connectivity index (χ0v) is 11.1. The predicted molar refractivity (Wildman–Crippen MR) is 72.3 cm³/mol. The number of methoxy groups -OCH3 is 1. The number of halogens is 1. The molecule has 1 aromatic rings. The second-order valence-corrected chi connectivity index (χ2v) is 4.80. The van der Waals surface area contributed by atoms with Crippen molar-refractivity contribution < 1.29 is 9.53 Å². The van der Waals surface area contributed by atoms with Crippen molar-refractivity contribution in [1.29, 1.82) is 0 Å². The molecule has 1 atom stereocenters. The fourth-order valence-electron chi connectivity index (χ4n) is 2.11. The lowest BCUT2D eigenvalue weighted by molar-refractivity contribution is -0.116. The molecule has 0 spiro atoms. The molecule has 1 aliphatic rings. The second-order valence-electron chi connectivity index (χ2n) is 4.39. The summed E-state index contributed by atoms with van der Waals surface area (Å²) in [5, 5.41) is 6.63. The summed E-state index contributed by atoms with van der Waals surface area (Å²) in [7, 11) is 1.56. The van der Waals surface area contributed by atoms with Crippen molar-refractivity contribution in [3.8, 4) is 5.75 Å². The molecular formula is C13H17ClN2O2. The van der Waals surface area contributed by atoms with Gasteiger partial charge in [-0.05, 0) is 37.6 Å². The minimum absolute atomic E-state index is 0.00985. The number of benzene rings is 1. The molecule has 1 heterocycles. The van der Waals surface area contributed by atoms with Crippen LogP contribution in [0, 0.1) is 0 Å². The largest absolute Gasteiger partial charge is 0.495 e. The van der Waals surface area contributed by atoms with E-state index < -0.39 is 0 Å². The van der Waals surface area contributed by atoms with E-state index in [1.807, 2.05) is 0 Å². The molecule has 1 saturated heterocycles. The molecule has 0 saturated carbocycles. The van der Waals surface area contributed by atoms with Gasteiger partial charge in [-0.25, -0.2) is 0 Å². The van der Waals surface area contributed by atoms with E-state index in [0.717, 1.165) is 19.4 Å². The maximum atomic E-state index is 11.8. The van der Waals surface area contributed by atoms with Gasteiger partial charge in [0, 0.05) is 18.2 Å². The highest BCUT2D eigenvalue weighted by Gasteiger charge is 2.17. The fraction of sp³-hybridized carbons (Fsp3) is 0.462. The van der Waals surface area contributed by atoms with Gasteiger partial charge in [0.15, 0.2) is 0 Å². The van der Waals surface area contributed by atoms with Crippen LogP contribution in [0.1, 0.15) is 19.3 Å². The first-order valence-corrected chi connectivity index (χ1v) is 6.43. The minimum atomic E-state index is 0.00985. The number of ether oxygens (including phenoxy) is 1. The fourth-order valence-corrected chi connectivity index (χ4v) is 2.37. The lowest BCUT2D eigenvalue weighted by atomic mass is 10.1. The van der Waals surface area contributed by atoms with Crippen LogP contribution in [-0.4, -0.2) is 25.6 Å². The summed E-state index contributed by atoms with van der Waals surface area (Å²) in [4.78, 5) is 11.8. The standard InChI is InChI=1S/C13H17ClN2O2/c1-18-12-5-4-10(7-11(12)14)16-13(17)8-9-3-2-6-15-9/h4-5,7,9,15H,2-3,6,8H2,1H3,(H,16,17). The van der Waals surface area contributed by atoms with Crippen LogP contribution in [-0.2, 0) is 4.79 Å². The highest BCUT2D eigenvalue weighted by molar-refractivity contribution is 6.32. The molecule has 4 nitrogen and oxygen atoms in total. The monoisotopic (exact) mass is 268 g/mol. The van der Waals surface area contributed by atoms with E-state index in [1.54, 1.807) is 25.3 Å². The van der Waals surface area contributed by atoms with Gasteiger partial charge in [-0.2, -0.15) is 0 Å². The van der Waals surface area contributed by atoms with Crippen LogP contribution >= 0.6 is 11.6 Å². The molecule has 1 aromatic carbocycles. The SMILES string of the molecule is COc1ccc(NC(=O)CC2CCCN2)cc1Cl. The van der Waals surface area contributed by atoms with Gasteiger partial charge in [0.1, 0.15) is 5.75 Å². The Balaban J connectivity index is 1.92. The number of nitrogens with one attached hydrogen (secondary N) is 2. The predicted octanol–water partition coefficient (Wildman–Crippen LogP) is 2.43. The zero-order valence-electron chi connectivity index (χ0n) is 10.3. The maximum Gasteiger partial charge on any atom is 0.225 e. The van der Waals surface area contributed by atoms with Gasteiger partial charge in [0.25, 0.3) is 0 Å². The van der Waals surface area contributed by atoms with Crippen LogP contribution in [0.25, 0.3) is 0 Å². The summed E-state index contributed by atoms with van der Waals surface area (Å²) >= 11 is 5.99. The van der Waals surface area contributed by atoms with Crippen molar-refractivity contribution in [1.82, 2.24) is 5.32 Å². The molecule has 1 amide bonds. The molecule has 1 unspecified atom stereocenters. The Morgan fingerprint density at radius 3 is 3.06 bits per heavy atom. The average Bonchev–Trinajstić information content (AvgIpc) is 2.82. The van der Waals surface area contributed by atoms with Gasteiger partial charge in [-0.1, -0.05) is 11.6 Å². The number of amides is 1. The molecular weight excluding hydrogens is 252 g/mol. The Labute approximate surface area is 112 Å². The quantitative estimate of drug-likeness (QED) is 0.882. The lowest BCUT2D eigenvalue weighted by Crippen LogP contribution is -2.27. The molecule has 0 bridgehead atoms. The van der Waals surface area contributed by atoms with Crippen molar-refractivity contribution in [2.24, 2.45) is 0 Å². The molecule has 98 valence electrons. The van der Waals surface area contributed by atoms with Crippen molar-refractivity contribution in [2.75, 3.05) is 19.0 Å². The van der Waals surface area contributed by atoms with Gasteiger partial charge in [0.05, 0.1) is 12.1 Å². The highest BCUT2D eigenvalue weighted by atomic mass is 35.5. The topological polar surface area (TPSA) is 50.4 Å². The van der Waals surface area contributed by atoms with Gasteiger partial charge in [-0.15, -0.1) is 0 Å². The van der Waals surface area contributed by atoms with E-state index in [-0.39, 0.29) is 5.91 Å². The summed E-state index contributed by atoms with van der Waals surface area (Å²) < 4.78 is 5.06. The number of carbonyl (C=O) groups is 1. The van der Waals surface area contributed by atoms with Gasteiger partial charge in [-0.3, -0.25) is 4.79 Å². The normalized spacial score (nSPS) is 18.7.